The molecule has 0 unspecified atom stereocenters. The molecule has 0 aliphatic carbocycles. The van der Waals surface area contributed by atoms with Gasteiger partial charge in [-0.15, -0.1) is 0 Å². The molecule has 0 N–H and O–H groups in total. The van der Waals surface area contributed by atoms with Crippen molar-refractivity contribution in [2.24, 2.45) is 0 Å². The quantitative estimate of drug-likeness (QED) is 0.206. The standard InChI is InChI=1S/C10F21O6S3.Li/c11-2(12,5(17,18)19)8(26,27)38(32,33)1(39(34,35)9(28,29)3(13,14)6(20,21)22)40(36,37)10(30,31)4(15,16)7(23,24)25;/q-1;+1. The number of halogens is 21. The number of sulfone groups is 3. The van der Waals surface area contributed by atoms with Crippen molar-refractivity contribution in [2.75, 3.05) is 0 Å². The van der Waals surface area contributed by atoms with Gasteiger partial charge in [-0.3, -0.25) is 25.3 Å². The van der Waals surface area contributed by atoms with E-state index in [9.17, 15) is 117 Å². The normalized spacial score (nSPS) is 16.5. The Kier molecular flexibility index (Phi) is 10.6. The molecule has 242 valence electrons. The molecule has 0 atom stereocenters. The van der Waals surface area contributed by atoms with Crippen LogP contribution in [0, 0.1) is 3.91 Å². The Bertz CT molecular complexity index is 1140. The van der Waals surface area contributed by atoms with Crippen molar-refractivity contribution in [3.05, 3.63) is 3.91 Å². The van der Waals surface area contributed by atoms with E-state index in [0.717, 1.165) is 0 Å². The van der Waals surface area contributed by atoms with Gasteiger partial charge in [0.1, 0.15) is 29.5 Å². The molecule has 0 aromatic carbocycles. The predicted molar refractivity (Wildman–Crippen MR) is 77.8 cm³/mol. The Balaban J connectivity index is 0. The zero-order valence-electron chi connectivity index (χ0n) is 17.6. The van der Waals surface area contributed by atoms with Gasteiger partial charge < -0.3 is 0 Å². The van der Waals surface area contributed by atoms with E-state index < -0.39 is 85.5 Å². The molecule has 31 heteroatoms. The van der Waals surface area contributed by atoms with Crippen LogP contribution in [0.4, 0.5) is 92.2 Å². The first kappa shape index (κ1) is 42.1. The molecule has 0 rings (SSSR count). The summed E-state index contributed by atoms with van der Waals surface area (Å²) in [7, 11) is -30.5. The van der Waals surface area contributed by atoms with Crippen molar-refractivity contribution < 1.29 is 136 Å². The van der Waals surface area contributed by atoms with Crippen LogP contribution in [0.25, 0.3) is 0 Å². The molecule has 0 saturated carbocycles. The molecule has 6 nitrogen and oxygen atoms in total. The van der Waals surface area contributed by atoms with E-state index in [2.05, 4.69) is 0 Å². The summed E-state index contributed by atoms with van der Waals surface area (Å²) in [5.74, 6) is -26.0. The van der Waals surface area contributed by atoms with Gasteiger partial charge in [0, 0.05) is 0 Å². The van der Waals surface area contributed by atoms with Crippen LogP contribution >= 0.6 is 0 Å². The van der Waals surface area contributed by atoms with Crippen molar-refractivity contribution in [2.45, 2.75) is 52.1 Å². The van der Waals surface area contributed by atoms with Gasteiger partial charge in [-0.1, -0.05) is 0 Å². The fourth-order valence-corrected chi connectivity index (χ4v) is 9.09. The van der Waals surface area contributed by atoms with Gasteiger partial charge in [0.2, 0.25) is 0 Å². The molecule has 0 aliphatic heterocycles. The molecule has 0 bridgehead atoms. The molecular weight excluding hydrogens is 718 g/mol. The average molecular weight is 718 g/mol. The Labute approximate surface area is 222 Å². The Morgan fingerprint density at radius 3 is 0.537 bits per heavy atom. The zero-order chi connectivity index (χ0) is 33.6. The summed E-state index contributed by atoms with van der Waals surface area (Å²) in [5.41, 5.74) is 0. The van der Waals surface area contributed by atoms with Gasteiger partial charge in [0.05, 0.1) is 3.91 Å². The van der Waals surface area contributed by atoms with Crippen molar-refractivity contribution >= 4 is 29.5 Å². The summed E-state index contributed by atoms with van der Waals surface area (Å²) in [6.45, 7) is 0. The monoisotopic (exact) mass is 718 g/mol. The summed E-state index contributed by atoms with van der Waals surface area (Å²) < 4.78 is 334. The molecule has 0 aromatic rings. The first-order chi connectivity index (χ1) is 16.6. The summed E-state index contributed by atoms with van der Waals surface area (Å²) in [6.07, 6.45) is -24.7. The summed E-state index contributed by atoms with van der Waals surface area (Å²) >= 11 is 0. The second-order valence-corrected chi connectivity index (χ2v) is 13.1. The van der Waals surface area contributed by atoms with Crippen LogP contribution < -0.4 is 18.9 Å². The van der Waals surface area contributed by atoms with Crippen LogP contribution in [-0.4, -0.2) is 77.3 Å². The Morgan fingerprint density at radius 1 is 0.317 bits per heavy atom. The van der Waals surface area contributed by atoms with E-state index in [0.29, 0.717) is 0 Å². The van der Waals surface area contributed by atoms with Gasteiger partial charge in [-0.25, -0.2) is 0 Å². The van der Waals surface area contributed by atoms with E-state index in [1.165, 1.54) is 0 Å². The van der Waals surface area contributed by atoms with Crippen molar-refractivity contribution in [1.82, 2.24) is 0 Å². The maximum absolute atomic E-state index is 13.7. The van der Waals surface area contributed by atoms with Gasteiger partial charge in [-0.2, -0.15) is 92.2 Å². The van der Waals surface area contributed by atoms with E-state index in [1.54, 1.807) is 0 Å². The minimum Gasteiger partial charge on any atom is -0.254 e. The molecule has 0 amide bonds. The number of alkyl halides is 21. The van der Waals surface area contributed by atoms with Gasteiger partial charge in [0.25, 0.3) is 0 Å². The second-order valence-electron chi connectivity index (χ2n) is 6.53. The molecule has 0 spiro atoms. The SMILES string of the molecule is O=S(=O)([C-](S(=O)(=O)C(F)(F)C(F)(F)C(F)(F)F)S(=O)(=O)C(F)(F)C(F)(F)C(F)(F)F)C(F)(F)C(F)(F)C(F)(F)F.[Li+]. The molecule has 0 heterocycles. The number of hydrogen-bond acceptors (Lipinski definition) is 6. The van der Waals surface area contributed by atoms with Crippen molar-refractivity contribution in [1.29, 1.82) is 0 Å². The smallest absolute Gasteiger partial charge is 0.254 e. The third kappa shape index (κ3) is 5.55. The molecular formula is C10F21LiO6S3. The molecule has 0 aromatic heterocycles. The maximum Gasteiger partial charge on any atom is 1.00 e. The average Bonchev–Trinajstić information content (AvgIpc) is 2.63. The van der Waals surface area contributed by atoms with Crippen LogP contribution in [0.15, 0.2) is 0 Å². The van der Waals surface area contributed by atoms with Gasteiger partial charge >= 0.3 is 70.9 Å². The Morgan fingerprint density at radius 2 is 0.439 bits per heavy atom. The maximum atomic E-state index is 13.7. The summed E-state index contributed by atoms with van der Waals surface area (Å²) in [5, 5.41) is -26.8. The third-order valence-corrected chi connectivity index (χ3v) is 11.9. The van der Waals surface area contributed by atoms with Crippen LogP contribution in [-0.2, 0) is 29.5 Å². The van der Waals surface area contributed by atoms with Crippen molar-refractivity contribution in [3.8, 4) is 0 Å². The topological polar surface area (TPSA) is 102 Å². The van der Waals surface area contributed by atoms with Crippen LogP contribution in [0.3, 0.4) is 0 Å². The molecule has 0 aliphatic rings. The van der Waals surface area contributed by atoms with Gasteiger partial charge in [-0.05, 0) is 0 Å². The first-order valence-corrected chi connectivity index (χ1v) is 12.1. The molecule has 0 fully saturated rings. The minimum absolute atomic E-state index is 0. The van der Waals surface area contributed by atoms with E-state index >= 15 is 0 Å². The van der Waals surface area contributed by atoms with Crippen LogP contribution in [0.1, 0.15) is 0 Å². The molecule has 0 radical (unpaired) electrons. The molecule has 41 heavy (non-hydrogen) atoms. The van der Waals surface area contributed by atoms with Crippen molar-refractivity contribution in [3.63, 3.8) is 0 Å². The molecule has 0 saturated heterocycles. The number of hydrogen-bond donors (Lipinski definition) is 0. The fourth-order valence-electron chi connectivity index (χ4n) is 1.75. The predicted octanol–water partition coefficient (Wildman–Crippen LogP) is 2.05. The second kappa shape index (κ2) is 10.3. The number of rotatable bonds is 9. The third-order valence-electron chi connectivity index (χ3n) is 3.84. The van der Waals surface area contributed by atoms with E-state index in [1.807, 2.05) is 0 Å². The Hall–Kier alpha value is -1.02. The van der Waals surface area contributed by atoms with Crippen LogP contribution in [0.5, 0.6) is 0 Å². The summed E-state index contributed by atoms with van der Waals surface area (Å²) in [4.78, 5) is 0. The zero-order valence-corrected chi connectivity index (χ0v) is 20.1. The fraction of sp³-hybridized carbons (Fsp3) is 0.900. The van der Waals surface area contributed by atoms with Gasteiger partial charge in [0.15, 0.2) is 0 Å². The largest absolute Gasteiger partial charge is 1.00 e. The van der Waals surface area contributed by atoms with E-state index in [4.69, 9.17) is 0 Å². The van der Waals surface area contributed by atoms with E-state index in [-0.39, 0.29) is 18.9 Å². The van der Waals surface area contributed by atoms with Crippen LogP contribution in [0.2, 0.25) is 0 Å². The first-order valence-electron chi connectivity index (χ1n) is 7.69. The summed E-state index contributed by atoms with van der Waals surface area (Å²) in [6, 6.07) is 0. The minimum atomic E-state index is -10.2.